The van der Waals surface area contributed by atoms with Gasteiger partial charge in [0.05, 0.1) is 0 Å². The molecule has 0 radical (unpaired) electrons. The van der Waals surface area contributed by atoms with Gasteiger partial charge in [-0.05, 0) is 63.7 Å². The van der Waals surface area contributed by atoms with Crippen molar-refractivity contribution >= 4 is 5.69 Å². The lowest BCUT2D eigenvalue weighted by Gasteiger charge is -2.38. The van der Waals surface area contributed by atoms with Gasteiger partial charge in [-0.25, -0.2) is 0 Å². The first-order valence-corrected chi connectivity index (χ1v) is 8.21. The fraction of sp³-hybridized carbons (Fsp3) is 0.706. The molecule has 2 aliphatic rings. The first-order chi connectivity index (χ1) is 9.81. The molecule has 3 heteroatoms. The van der Waals surface area contributed by atoms with Gasteiger partial charge in [0.25, 0.3) is 0 Å². The van der Waals surface area contributed by atoms with Crippen molar-refractivity contribution in [3.8, 4) is 0 Å². The molecule has 1 aromatic heterocycles. The van der Waals surface area contributed by atoms with E-state index in [0.717, 1.165) is 11.6 Å². The van der Waals surface area contributed by atoms with Crippen molar-refractivity contribution < 1.29 is 0 Å². The maximum absolute atomic E-state index is 4.31. The number of aromatic nitrogens is 1. The minimum absolute atomic E-state index is 0.843. The Balaban J connectivity index is 1.58. The Morgan fingerprint density at radius 2 is 2.00 bits per heavy atom. The molecule has 1 aromatic rings. The number of likely N-dealkylation sites (tertiary alicyclic amines) is 1. The molecule has 2 aliphatic heterocycles. The van der Waals surface area contributed by atoms with E-state index in [9.17, 15) is 0 Å². The minimum Gasteiger partial charge on any atom is -0.371 e. The highest BCUT2D eigenvalue weighted by atomic mass is 15.2. The van der Waals surface area contributed by atoms with Crippen LogP contribution in [0.5, 0.6) is 0 Å². The number of rotatable bonds is 3. The quantitative estimate of drug-likeness (QED) is 0.843. The van der Waals surface area contributed by atoms with E-state index < -0.39 is 0 Å². The van der Waals surface area contributed by atoms with Gasteiger partial charge in [0.2, 0.25) is 0 Å². The summed E-state index contributed by atoms with van der Waals surface area (Å²) in [5.74, 6) is 0.843. The van der Waals surface area contributed by atoms with Crippen LogP contribution in [0.15, 0.2) is 18.3 Å². The Labute approximate surface area is 123 Å². The summed E-state index contributed by atoms with van der Waals surface area (Å²) in [6.45, 7) is 8.47. The zero-order valence-electron chi connectivity index (χ0n) is 12.7. The Morgan fingerprint density at radius 1 is 1.15 bits per heavy atom. The molecule has 0 saturated carbocycles. The van der Waals surface area contributed by atoms with Gasteiger partial charge in [-0.15, -0.1) is 0 Å². The van der Waals surface area contributed by atoms with Crippen LogP contribution in [0.25, 0.3) is 0 Å². The SMILES string of the molecule is Cc1cc(N2CCC[C@H](CN3CCCCC3)C2)ccn1. The third-order valence-corrected chi connectivity index (χ3v) is 4.73. The van der Waals surface area contributed by atoms with E-state index in [-0.39, 0.29) is 0 Å². The van der Waals surface area contributed by atoms with E-state index in [4.69, 9.17) is 0 Å². The van der Waals surface area contributed by atoms with Crippen LogP contribution in [-0.4, -0.2) is 42.6 Å². The highest BCUT2D eigenvalue weighted by Crippen LogP contribution is 2.24. The highest BCUT2D eigenvalue weighted by Gasteiger charge is 2.23. The van der Waals surface area contributed by atoms with Gasteiger partial charge in [0.1, 0.15) is 0 Å². The van der Waals surface area contributed by atoms with Crippen LogP contribution in [0.1, 0.15) is 37.8 Å². The van der Waals surface area contributed by atoms with Crippen molar-refractivity contribution in [1.29, 1.82) is 0 Å². The van der Waals surface area contributed by atoms with Crippen molar-refractivity contribution in [2.45, 2.75) is 39.0 Å². The van der Waals surface area contributed by atoms with Gasteiger partial charge in [-0.1, -0.05) is 6.42 Å². The molecule has 0 unspecified atom stereocenters. The largest absolute Gasteiger partial charge is 0.371 e. The van der Waals surface area contributed by atoms with Gasteiger partial charge in [-0.3, -0.25) is 4.98 Å². The number of nitrogens with zero attached hydrogens (tertiary/aromatic N) is 3. The fourth-order valence-electron chi connectivity index (χ4n) is 3.68. The summed E-state index contributed by atoms with van der Waals surface area (Å²) in [6, 6.07) is 4.39. The summed E-state index contributed by atoms with van der Waals surface area (Å²) >= 11 is 0. The summed E-state index contributed by atoms with van der Waals surface area (Å²) in [5.41, 5.74) is 2.49. The number of hydrogen-bond acceptors (Lipinski definition) is 3. The molecule has 0 bridgehead atoms. The first kappa shape index (κ1) is 13.9. The first-order valence-electron chi connectivity index (χ1n) is 8.21. The van der Waals surface area contributed by atoms with Gasteiger partial charge < -0.3 is 9.80 Å². The standard InChI is InChI=1S/C17H27N3/c1-15-12-17(7-8-18-15)20-11-5-6-16(14-20)13-19-9-3-2-4-10-19/h7-8,12,16H,2-6,9-11,13-14H2,1H3/t16-/m1/s1. The number of anilines is 1. The summed E-state index contributed by atoms with van der Waals surface area (Å²) in [4.78, 5) is 9.56. The fourth-order valence-corrected chi connectivity index (χ4v) is 3.68. The van der Waals surface area contributed by atoms with Gasteiger partial charge in [0, 0.05) is 37.2 Å². The maximum atomic E-state index is 4.31. The minimum atomic E-state index is 0.843. The maximum Gasteiger partial charge on any atom is 0.0399 e. The van der Waals surface area contributed by atoms with Gasteiger partial charge in [-0.2, -0.15) is 0 Å². The predicted molar refractivity (Wildman–Crippen MR) is 84.2 cm³/mol. The predicted octanol–water partition coefficient (Wildman–Crippen LogP) is 3.09. The summed E-state index contributed by atoms with van der Waals surface area (Å²) in [7, 11) is 0. The molecule has 0 N–H and O–H groups in total. The van der Waals surface area contributed by atoms with Crippen LogP contribution in [0.2, 0.25) is 0 Å². The van der Waals surface area contributed by atoms with Crippen LogP contribution in [-0.2, 0) is 0 Å². The average Bonchev–Trinajstić information content (AvgIpc) is 2.49. The molecule has 20 heavy (non-hydrogen) atoms. The third kappa shape index (κ3) is 3.51. The Hall–Kier alpha value is -1.09. The van der Waals surface area contributed by atoms with Crippen LogP contribution in [0.4, 0.5) is 5.69 Å². The molecule has 3 rings (SSSR count). The molecule has 0 aromatic carbocycles. The third-order valence-electron chi connectivity index (χ3n) is 4.73. The number of pyridine rings is 1. The molecule has 0 aliphatic carbocycles. The van der Waals surface area contributed by atoms with Crippen LogP contribution in [0, 0.1) is 12.8 Å². The Bertz CT molecular complexity index is 426. The molecule has 0 amide bonds. The van der Waals surface area contributed by atoms with E-state index in [2.05, 4.69) is 33.8 Å². The molecular weight excluding hydrogens is 246 g/mol. The zero-order valence-corrected chi connectivity index (χ0v) is 12.7. The molecular formula is C17H27N3. The summed E-state index contributed by atoms with van der Waals surface area (Å²) in [5, 5.41) is 0. The molecule has 2 saturated heterocycles. The lowest BCUT2D eigenvalue weighted by Crippen LogP contribution is -2.42. The second-order valence-electron chi connectivity index (χ2n) is 6.47. The zero-order chi connectivity index (χ0) is 13.8. The lowest BCUT2D eigenvalue weighted by molar-refractivity contribution is 0.185. The smallest absolute Gasteiger partial charge is 0.0399 e. The molecule has 3 nitrogen and oxygen atoms in total. The topological polar surface area (TPSA) is 19.4 Å². The van der Waals surface area contributed by atoms with E-state index in [1.807, 2.05) is 6.20 Å². The molecule has 1 atom stereocenters. The van der Waals surface area contributed by atoms with Crippen molar-refractivity contribution in [3.05, 3.63) is 24.0 Å². The normalized spacial score (nSPS) is 24.9. The molecule has 0 spiro atoms. The van der Waals surface area contributed by atoms with E-state index >= 15 is 0 Å². The molecule has 110 valence electrons. The second kappa shape index (κ2) is 6.57. The monoisotopic (exact) mass is 273 g/mol. The van der Waals surface area contributed by atoms with Crippen molar-refractivity contribution in [2.24, 2.45) is 5.92 Å². The van der Waals surface area contributed by atoms with Crippen LogP contribution in [0.3, 0.4) is 0 Å². The van der Waals surface area contributed by atoms with Crippen LogP contribution < -0.4 is 4.90 Å². The average molecular weight is 273 g/mol. The van der Waals surface area contributed by atoms with Crippen LogP contribution >= 0.6 is 0 Å². The summed E-state index contributed by atoms with van der Waals surface area (Å²) < 4.78 is 0. The van der Waals surface area contributed by atoms with Gasteiger partial charge >= 0.3 is 0 Å². The number of aryl methyl sites for hydroxylation is 1. The molecule has 2 fully saturated rings. The number of hydrogen-bond donors (Lipinski definition) is 0. The van der Waals surface area contributed by atoms with Gasteiger partial charge in [0.15, 0.2) is 0 Å². The van der Waals surface area contributed by atoms with E-state index in [1.54, 1.807) is 0 Å². The lowest BCUT2D eigenvalue weighted by atomic mass is 9.96. The van der Waals surface area contributed by atoms with E-state index in [0.29, 0.717) is 0 Å². The van der Waals surface area contributed by atoms with Crippen molar-refractivity contribution in [2.75, 3.05) is 37.6 Å². The van der Waals surface area contributed by atoms with Crippen molar-refractivity contribution in [1.82, 2.24) is 9.88 Å². The van der Waals surface area contributed by atoms with Crippen molar-refractivity contribution in [3.63, 3.8) is 0 Å². The molecule has 3 heterocycles. The van der Waals surface area contributed by atoms with E-state index in [1.165, 1.54) is 70.5 Å². The second-order valence-corrected chi connectivity index (χ2v) is 6.47. The number of piperidine rings is 2. The summed E-state index contributed by atoms with van der Waals surface area (Å²) in [6.07, 6.45) is 8.92. The highest BCUT2D eigenvalue weighted by molar-refractivity contribution is 5.46. The Kier molecular flexibility index (Phi) is 4.56. The Morgan fingerprint density at radius 3 is 2.80 bits per heavy atom.